The van der Waals surface area contributed by atoms with Crippen molar-refractivity contribution in [1.29, 1.82) is 0 Å². The van der Waals surface area contributed by atoms with E-state index in [1.807, 2.05) is 75.4 Å². The summed E-state index contributed by atoms with van der Waals surface area (Å²) in [4.78, 5) is 29.2. The minimum Gasteiger partial charge on any atom is -0.352 e. The molecule has 0 aliphatic rings. The molecule has 0 radical (unpaired) electrons. The maximum Gasteiger partial charge on any atom is 0.243 e. The topological polar surface area (TPSA) is 86.8 Å². The molecule has 42 heavy (non-hydrogen) atoms. The quantitative estimate of drug-likeness (QED) is 0.211. The molecule has 0 spiro atoms. The van der Waals surface area contributed by atoms with Gasteiger partial charge in [-0.25, -0.2) is 8.42 Å². The molecular formula is C32H39BrClN3O4S. The highest BCUT2D eigenvalue weighted by Gasteiger charge is 2.31. The zero-order valence-corrected chi connectivity index (χ0v) is 27.7. The van der Waals surface area contributed by atoms with Gasteiger partial charge in [0.15, 0.2) is 0 Å². The van der Waals surface area contributed by atoms with E-state index in [1.165, 1.54) is 4.31 Å². The first kappa shape index (κ1) is 33.6. The lowest BCUT2D eigenvalue weighted by Crippen LogP contribution is -2.52. The van der Waals surface area contributed by atoms with Gasteiger partial charge in [0.25, 0.3) is 0 Å². The molecule has 3 aromatic rings. The van der Waals surface area contributed by atoms with Gasteiger partial charge in [-0.05, 0) is 67.6 Å². The van der Waals surface area contributed by atoms with Gasteiger partial charge in [0.05, 0.1) is 11.9 Å². The Balaban J connectivity index is 1.90. The number of anilines is 1. The summed E-state index contributed by atoms with van der Waals surface area (Å²) in [5.41, 5.74) is 3.07. The van der Waals surface area contributed by atoms with E-state index in [4.69, 9.17) is 11.6 Å². The Kier molecular flexibility index (Phi) is 12.4. The third-order valence-corrected chi connectivity index (χ3v) is 9.07. The van der Waals surface area contributed by atoms with Crippen LogP contribution in [0.5, 0.6) is 0 Å². The smallest absolute Gasteiger partial charge is 0.243 e. The molecular weight excluding hydrogens is 638 g/mol. The third-order valence-electron chi connectivity index (χ3n) is 7.13. The maximum absolute atomic E-state index is 13.9. The fraction of sp³-hybridized carbons (Fsp3) is 0.375. The van der Waals surface area contributed by atoms with Gasteiger partial charge in [0.1, 0.15) is 6.04 Å². The Morgan fingerprint density at radius 3 is 2.29 bits per heavy atom. The Bertz CT molecular complexity index is 1450. The lowest BCUT2D eigenvalue weighted by atomic mass is 10.0. The number of carbonyl (C=O) groups excluding carboxylic acids is 2. The van der Waals surface area contributed by atoms with E-state index in [1.54, 1.807) is 23.1 Å². The van der Waals surface area contributed by atoms with E-state index >= 15 is 0 Å². The predicted molar refractivity (Wildman–Crippen MR) is 174 cm³/mol. The summed E-state index contributed by atoms with van der Waals surface area (Å²) in [6.45, 7) is 6.09. The Morgan fingerprint density at radius 1 is 1.00 bits per heavy atom. The normalized spacial score (nSPS) is 12.8. The van der Waals surface area contributed by atoms with E-state index in [0.717, 1.165) is 33.8 Å². The molecule has 0 saturated carbocycles. The number of nitrogens with one attached hydrogen (secondary N) is 1. The van der Waals surface area contributed by atoms with Crippen LogP contribution in [-0.4, -0.2) is 50.0 Å². The highest BCUT2D eigenvalue weighted by molar-refractivity contribution is 9.10. The second kappa shape index (κ2) is 15.5. The van der Waals surface area contributed by atoms with Crippen LogP contribution < -0.4 is 9.62 Å². The lowest BCUT2D eigenvalue weighted by Gasteiger charge is -2.33. The molecule has 3 aromatic carbocycles. The standard InChI is InChI=1S/C32H39BrClN3O4S/c1-5-24(3)35-32(39)30(20-25-10-7-6-8-11-25)36(22-26-14-16-27(33)17-15-26)31(38)12-9-19-37(42(4,40)41)29-21-28(34)18-13-23(29)2/h6-8,10-11,13-18,21,24,30H,5,9,12,19-20,22H2,1-4H3,(H,35,39)/t24-,30+/m0/s1. The van der Waals surface area contributed by atoms with Crippen LogP contribution >= 0.6 is 27.5 Å². The Morgan fingerprint density at radius 2 is 1.67 bits per heavy atom. The minimum atomic E-state index is -3.63. The molecule has 0 heterocycles. The summed E-state index contributed by atoms with van der Waals surface area (Å²) in [5.74, 6) is -0.444. The first-order valence-electron chi connectivity index (χ1n) is 14.0. The second-order valence-corrected chi connectivity index (χ2v) is 13.8. The van der Waals surface area contributed by atoms with E-state index in [9.17, 15) is 18.0 Å². The van der Waals surface area contributed by atoms with E-state index < -0.39 is 16.1 Å². The van der Waals surface area contributed by atoms with Crippen molar-refractivity contribution in [2.45, 2.75) is 65.1 Å². The first-order chi connectivity index (χ1) is 19.9. The van der Waals surface area contributed by atoms with Gasteiger partial charge in [0.2, 0.25) is 21.8 Å². The number of halogens is 2. The molecule has 3 rings (SSSR count). The fourth-order valence-corrected chi connectivity index (χ4v) is 6.06. The van der Waals surface area contributed by atoms with Crippen LogP contribution in [0.15, 0.2) is 77.3 Å². The molecule has 0 saturated heterocycles. The molecule has 0 fully saturated rings. The fourth-order valence-electron chi connectivity index (χ4n) is 4.62. The van der Waals surface area contributed by atoms with Crippen LogP contribution in [0, 0.1) is 6.92 Å². The van der Waals surface area contributed by atoms with E-state index in [-0.39, 0.29) is 43.8 Å². The number of benzene rings is 3. The molecule has 226 valence electrons. The van der Waals surface area contributed by atoms with Crippen molar-refractivity contribution in [2.75, 3.05) is 17.1 Å². The Labute approximate surface area is 263 Å². The molecule has 0 aliphatic carbocycles. The Hall–Kier alpha value is -2.88. The molecule has 2 amide bonds. The number of rotatable bonds is 14. The van der Waals surface area contributed by atoms with Crippen molar-refractivity contribution in [1.82, 2.24) is 10.2 Å². The average molecular weight is 677 g/mol. The van der Waals surface area contributed by atoms with Crippen molar-refractivity contribution in [3.63, 3.8) is 0 Å². The van der Waals surface area contributed by atoms with E-state index in [2.05, 4.69) is 21.2 Å². The number of carbonyl (C=O) groups is 2. The second-order valence-electron chi connectivity index (χ2n) is 10.5. The number of sulfonamides is 1. The molecule has 0 bridgehead atoms. The van der Waals surface area contributed by atoms with Crippen LogP contribution in [0.25, 0.3) is 0 Å². The van der Waals surface area contributed by atoms with Crippen LogP contribution in [0.1, 0.15) is 49.8 Å². The number of amides is 2. The first-order valence-corrected chi connectivity index (χ1v) is 17.0. The van der Waals surface area contributed by atoms with Crippen molar-refractivity contribution < 1.29 is 18.0 Å². The van der Waals surface area contributed by atoms with Gasteiger partial charge in [-0.15, -0.1) is 0 Å². The van der Waals surface area contributed by atoms with Gasteiger partial charge < -0.3 is 10.2 Å². The molecule has 1 N–H and O–H groups in total. The van der Waals surface area contributed by atoms with Gasteiger partial charge in [-0.1, -0.05) is 83.0 Å². The SMILES string of the molecule is CC[C@H](C)NC(=O)[C@@H](Cc1ccccc1)N(Cc1ccc(Br)cc1)C(=O)CCCN(c1cc(Cl)ccc1C)S(C)(=O)=O. The number of nitrogens with zero attached hydrogens (tertiary/aromatic N) is 2. The van der Waals surface area contributed by atoms with Crippen LogP contribution in [-0.2, 0) is 32.6 Å². The molecule has 10 heteroatoms. The van der Waals surface area contributed by atoms with Gasteiger partial charge >= 0.3 is 0 Å². The summed E-state index contributed by atoms with van der Waals surface area (Å²) < 4.78 is 27.7. The van der Waals surface area contributed by atoms with Crippen molar-refractivity contribution in [3.05, 3.63) is 99.0 Å². The van der Waals surface area contributed by atoms with Crippen molar-refractivity contribution in [2.24, 2.45) is 0 Å². The summed E-state index contributed by atoms with van der Waals surface area (Å²) in [5, 5.41) is 3.49. The van der Waals surface area contributed by atoms with E-state index in [0.29, 0.717) is 17.1 Å². The summed E-state index contributed by atoms with van der Waals surface area (Å²) in [6.07, 6.45) is 2.57. The highest BCUT2D eigenvalue weighted by atomic mass is 79.9. The third kappa shape index (κ3) is 9.85. The van der Waals surface area contributed by atoms with Gasteiger partial charge in [-0.3, -0.25) is 13.9 Å². The highest BCUT2D eigenvalue weighted by Crippen LogP contribution is 2.27. The molecule has 2 atom stereocenters. The van der Waals surface area contributed by atoms with Crippen molar-refractivity contribution in [3.8, 4) is 0 Å². The number of hydrogen-bond acceptors (Lipinski definition) is 4. The average Bonchev–Trinajstić information content (AvgIpc) is 2.95. The molecule has 0 unspecified atom stereocenters. The maximum atomic E-state index is 13.9. The zero-order valence-electron chi connectivity index (χ0n) is 24.5. The lowest BCUT2D eigenvalue weighted by molar-refractivity contribution is -0.141. The van der Waals surface area contributed by atoms with Crippen molar-refractivity contribution >= 4 is 55.1 Å². The van der Waals surface area contributed by atoms with Crippen LogP contribution in [0.2, 0.25) is 5.02 Å². The summed E-state index contributed by atoms with van der Waals surface area (Å²) in [6, 6.07) is 21.6. The summed E-state index contributed by atoms with van der Waals surface area (Å²) in [7, 11) is -3.63. The number of hydrogen-bond donors (Lipinski definition) is 1. The minimum absolute atomic E-state index is 0.0512. The monoisotopic (exact) mass is 675 g/mol. The zero-order chi connectivity index (χ0) is 30.9. The molecule has 0 aromatic heterocycles. The van der Waals surface area contributed by atoms with Crippen LogP contribution in [0.4, 0.5) is 5.69 Å². The largest absolute Gasteiger partial charge is 0.352 e. The van der Waals surface area contributed by atoms with Crippen LogP contribution in [0.3, 0.4) is 0 Å². The predicted octanol–water partition coefficient (Wildman–Crippen LogP) is 6.51. The molecule has 0 aliphatic heterocycles. The number of aryl methyl sites for hydroxylation is 1. The summed E-state index contributed by atoms with van der Waals surface area (Å²) >= 11 is 9.64. The molecule has 7 nitrogen and oxygen atoms in total. The van der Waals surface area contributed by atoms with Gasteiger partial charge in [-0.2, -0.15) is 0 Å². The van der Waals surface area contributed by atoms with Gasteiger partial charge in [0, 0.05) is 41.5 Å².